The van der Waals surface area contributed by atoms with Crippen LogP contribution in [0.2, 0.25) is 0 Å². The summed E-state index contributed by atoms with van der Waals surface area (Å²) in [7, 11) is 0. The van der Waals surface area contributed by atoms with Crippen molar-refractivity contribution in [2.75, 3.05) is 31.1 Å². The van der Waals surface area contributed by atoms with E-state index in [0.29, 0.717) is 35.5 Å². The molecule has 5 rings (SSSR count). The summed E-state index contributed by atoms with van der Waals surface area (Å²) >= 11 is 0. The minimum absolute atomic E-state index is 0.162. The molecule has 1 N–H and O–H groups in total. The number of hydrogen-bond donors (Lipinski definition) is 1. The molecule has 0 radical (unpaired) electrons. The second-order valence-corrected chi connectivity index (χ2v) is 8.77. The maximum absolute atomic E-state index is 13.2. The molecule has 1 aromatic heterocycles. The summed E-state index contributed by atoms with van der Waals surface area (Å²) in [5.41, 5.74) is 3.92. The highest BCUT2D eigenvalue weighted by Gasteiger charge is 2.36. The van der Waals surface area contributed by atoms with Gasteiger partial charge in [-0.25, -0.2) is 4.98 Å². The van der Waals surface area contributed by atoms with E-state index in [4.69, 9.17) is 5.26 Å². The highest BCUT2D eigenvalue weighted by molar-refractivity contribution is 5.97. The number of amides is 1. The SMILES string of the molecule is Cc1[nH]c(C(F)(F)F)nc1-c1cc(C(=O)N2CC(c3ccc(C#N)cc3)C2)ccc1N1CCC1. The predicted molar refractivity (Wildman–Crippen MR) is 120 cm³/mol. The summed E-state index contributed by atoms with van der Waals surface area (Å²) < 4.78 is 39.7. The lowest BCUT2D eigenvalue weighted by molar-refractivity contribution is -0.144. The molecule has 174 valence electrons. The predicted octanol–water partition coefficient (Wildman–Crippen LogP) is 4.73. The summed E-state index contributed by atoms with van der Waals surface area (Å²) in [6.07, 6.45) is -3.57. The highest BCUT2D eigenvalue weighted by atomic mass is 19.4. The number of carbonyl (C=O) groups excluding carboxylic acids is 1. The molecule has 34 heavy (non-hydrogen) atoms. The Kier molecular flexibility index (Phi) is 5.31. The van der Waals surface area contributed by atoms with Crippen LogP contribution in [0, 0.1) is 18.3 Å². The van der Waals surface area contributed by atoms with E-state index >= 15 is 0 Å². The summed E-state index contributed by atoms with van der Waals surface area (Å²) in [5.74, 6) is -1.01. The highest BCUT2D eigenvalue weighted by Crippen LogP contribution is 2.38. The summed E-state index contributed by atoms with van der Waals surface area (Å²) in [5, 5.41) is 8.95. The number of benzene rings is 2. The van der Waals surface area contributed by atoms with Gasteiger partial charge in [0.2, 0.25) is 5.82 Å². The Balaban J connectivity index is 1.40. The van der Waals surface area contributed by atoms with Gasteiger partial charge in [-0.05, 0) is 49.2 Å². The lowest BCUT2D eigenvalue weighted by Crippen LogP contribution is -2.48. The number of aromatic nitrogens is 2. The summed E-state index contributed by atoms with van der Waals surface area (Å²) in [6.45, 7) is 4.29. The number of nitrogens with one attached hydrogen (secondary N) is 1. The van der Waals surface area contributed by atoms with E-state index in [9.17, 15) is 18.0 Å². The molecule has 2 aromatic carbocycles. The quantitative estimate of drug-likeness (QED) is 0.605. The van der Waals surface area contributed by atoms with E-state index < -0.39 is 12.0 Å². The number of carbonyl (C=O) groups is 1. The number of aryl methyl sites for hydroxylation is 1. The van der Waals surface area contributed by atoms with Crippen molar-refractivity contribution in [3.05, 3.63) is 70.7 Å². The number of anilines is 1. The number of imidazole rings is 1. The molecular weight excluding hydrogens is 443 g/mol. The molecule has 1 amide bonds. The average molecular weight is 465 g/mol. The van der Waals surface area contributed by atoms with E-state index in [1.807, 2.05) is 12.1 Å². The van der Waals surface area contributed by atoms with Gasteiger partial charge in [0, 0.05) is 54.6 Å². The molecular formula is C25H22F3N5O. The van der Waals surface area contributed by atoms with Gasteiger partial charge in [-0.15, -0.1) is 0 Å². The van der Waals surface area contributed by atoms with E-state index in [-0.39, 0.29) is 17.5 Å². The van der Waals surface area contributed by atoms with Crippen LogP contribution < -0.4 is 4.90 Å². The first kappa shape index (κ1) is 22.0. The topological polar surface area (TPSA) is 76.0 Å². The zero-order valence-electron chi connectivity index (χ0n) is 18.5. The number of nitrogens with zero attached hydrogens (tertiary/aromatic N) is 4. The average Bonchev–Trinajstić information content (AvgIpc) is 3.14. The van der Waals surface area contributed by atoms with Crippen LogP contribution in [-0.4, -0.2) is 47.0 Å². The monoisotopic (exact) mass is 465 g/mol. The number of likely N-dealkylation sites (tertiary alicyclic amines) is 1. The standard InChI is InChI=1S/C25H22F3N5O/c1-15-22(31-24(30-15)25(26,27)28)20-11-18(7-8-21(20)32-9-2-10-32)23(34)33-13-19(14-33)17-5-3-16(12-29)4-6-17/h3-8,11,19H,2,9-10,13-14H2,1H3,(H,30,31). The van der Waals surface area contributed by atoms with Crippen LogP contribution in [0.15, 0.2) is 42.5 Å². The number of hydrogen-bond acceptors (Lipinski definition) is 4. The van der Waals surface area contributed by atoms with Gasteiger partial charge in [0.15, 0.2) is 0 Å². The second-order valence-electron chi connectivity index (χ2n) is 8.77. The minimum atomic E-state index is -4.58. The van der Waals surface area contributed by atoms with Crippen LogP contribution in [0.25, 0.3) is 11.3 Å². The fourth-order valence-electron chi connectivity index (χ4n) is 4.42. The fraction of sp³-hybridized carbons (Fsp3) is 0.320. The largest absolute Gasteiger partial charge is 0.449 e. The van der Waals surface area contributed by atoms with Gasteiger partial charge in [0.05, 0.1) is 17.3 Å². The van der Waals surface area contributed by atoms with E-state index in [2.05, 4.69) is 20.9 Å². The van der Waals surface area contributed by atoms with Gasteiger partial charge < -0.3 is 14.8 Å². The van der Waals surface area contributed by atoms with Gasteiger partial charge >= 0.3 is 6.18 Å². The van der Waals surface area contributed by atoms with Gasteiger partial charge in [-0.1, -0.05) is 12.1 Å². The molecule has 0 aliphatic carbocycles. The molecule has 2 aliphatic rings. The molecule has 0 unspecified atom stereocenters. The molecule has 2 aliphatic heterocycles. The first-order valence-corrected chi connectivity index (χ1v) is 11.1. The van der Waals surface area contributed by atoms with Crippen molar-refractivity contribution < 1.29 is 18.0 Å². The lowest BCUT2D eigenvalue weighted by Gasteiger charge is -2.40. The molecule has 0 bridgehead atoms. The van der Waals surface area contributed by atoms with Crippen molar-refractivity contribution in [2.45, 2.75) is 25.4 Å². The maximum Gasteiger partial charge on any atom is 0.449 e. The zero-order valence-corrected chi connectivity index (χ0v) is 18.5. The Morgan fingerprint density at radius 3 is 2.41 bits per heavy atom. The smallest absolute Gasteiger partial charge is 0.371 e. The first-order valence-electron chi connectivity index (χ1n) is 11.1. The van der Waals surface area contributed by atoms with Crippen LogP contribution in [0.3, 0.4) is 0 Å². The van der Waals surface area contributed by atoms with Gasteiger partial charge in [-0.2, -0.15) is 18.4 Å². The van der Waals surface area contributed by atoms with Crippen LogP contribution in [0.1, 0.15) is 45.3 Å². The van der Waals surface area contributed by atoms with Crippen LogP contribution in [0.4, 0.5) is 18.9 Å². The van der Waals surface area contributed by atoms with E-state index in [1.54, 1.807) is 42.2 Å². The van der Waals surface area contributed by atoms with Crippen molar-refractivity contribution in [3.63, 3.8) is 0 Å². The molecule has 3 aromatic rings. The summed E-state index contributed by atoms with van der Waals surface area (Å²) in [6, 6.07) is 14.6. The molecule has 0 saturated carbocycles. The third-order valence-corrected chi connectivity index (χ3v) is 6.53. The number of H-pyrrole nitrogens is 1. The second kappa shape index (κ2) is 8.20. The van der Waals surface area contributed by atoms with Crippen molar-refractivity contribution >= 4 is 11.6 Å². The molecule has 3 heterocycles. The zero-order chi connectivity index (χ0) is 24.0. The van der Waals surface area contributed by atoms with E-state index in [1.165, 1.54) is 0 Å². The van der Waals surface area contributed by atoms with Crippen LogP contribution in [-0.2, 0) is 6.18 Å². The number of nitriles is 1. The van der Waals surface area contributed by atoms with Crippen molar-refractivity contribution in [2.24, 2.45) is 0 Å². The minimum Gasteiger partial charge on any atom is -0.371 e. The number of alkyl halides is 3. The molecule has 0 atom stereocenters. The van der Waals surface area contributed by atoms with E-state index in [0.717, 1.165) is 30.8 Å². The Morgan fingerprint density at radius 2 is 1.85 bits per heavy atom. The Hall–Kier alpha value is -3.80. The van der Waals surface area contributed by atoms with Gasteiger partial charge in [0.25, 0.3) is 5.91 Å². The number of rotatable bonds is 4. The van der Waals surface area contributed by atoms with Crippen molar-refractivity contribution in [1.29, 1.82) is 5.26 Å². The molecule has 6 nitrogen and oxygen atoms in total. The van der Waals surface area contributed by atoms with Crippen molar-refractivity contribution in [3.8, 4) is 17.3 Å². The Labute approximate surface area is 194 Å². The van der Waals surface area contributed by atoms with Crippen LogP contribution in [0.5, 0.6) is 0 Å². The molecule has 0 spiro atoms. The molecule has 9 heteroatoms. The Morgan fingerprint density at radius 1 is 1.15 bits per heavy atom. The van der Waals surface area contributed by atoms with Crippen molar-refractivity contribution in [1.82, 2.24) is 14.9 Å². The molecule has 2 saturated heterocycles. The van der Waals surface area contributed by atoms with Gasteiger partial charge in [-0.3, -0.25) is 4.79 Å². The van der Waals surface area contributed by atoms with Crippen LogP contribution >= 0.6 is 0 Å². The number of aromatic amines is 1. The summed E-state index contributed by atoms with van der Waals surface area (Å²) in [4.78, 5) is 23.2. The third kappa shape index (κ3) is 3.89. The van der Waals surface area contributed by atoms with Gasteiger partial charge in [0.1, 0.15) is 0 Å². The fourth-order valence-corrected chi connectivity index (χ4v) is 4.42. The Bertz CT molecular complexity index is 1280. The normalized spacial score (nSPS) is 16.1. The first-order chi connectivity index (χ1) is 16.2. The maximum atomic E-state index is 13.2. The molecule has 2 fully saturated rings. The number of halogens is 3. The third-order valence-electron chi connectivity index (χ3n) is 6.53. The lowest BCUT2D eigenvalue weighted by atomic mass is 9.90.